The van der Waals surface area contributed by atoms with Gasteiger partial charge in [0.2, 0.25) is 10.0 Å². The molecule has 2 aromatic carbocycles. The fourth-order valence-electron chi connectivity index (χ4n) is 3.44. The van der Waals surface area contributed by atoms with E-state index >= 15 is 0 Å². The summed E-state index contributed by atoms with van der Waals surface area (Å²) in [5.74, 6) is 0.916. The summed E-state index contributed by atoms with van der Waals surface area (Å²) in [4.78, 5) is 12.6. The second-order valence-electron chi connectivity index (χ2n) is 8.08. The first kappa shape index (κ1) is 22.9. The molecule has 1 aliphatic rings. The highest BCUT2D eigenvalue weighted by molar-refractivity contribution is 7.92. The number of hydrogen-bond acceptors (Lipinski definition) is 5. The van der Waals surface area contributed by atoms with Gasteiger partial charge in [-0.05, 0) is 69.0 Å². The number of anilines is 1. The minimum atomic E-state index is -3.53. The molecule has 0 unspecified atom stereocenters. The van der Waals surface area contributed by atoms with Gasteiger partial charge in [0.05, 0.1) is 24.6 Å². The number of aryl methyl sites for hydroxylation is 2. The van der Waals surface area contributed by atoms with Gasteiger partial charge >= 0.3 is 0 Å². The Balaban J connectivity index is 1.54. The third-order valence-corrected chi connectivity index (χ3v) is 6.06. The Bertz CT molecular complexity index is 1020. The molecule has 0 radical (unpaired) electrons. The van der Waals surface area contributed by atoms with E-state index in [4.69, 9.17) is 9.47 Å². The van der Waals surface area contributed by atoms with Crippen LogP contribution >= 0.6 is 0 Å². The SMILES string of the molecule is Cc1ccc2c(c1)N(S(C)(=O)=O)C[C@@H](C(=O)NCCCc1ccc(OC(C)C)cc1)O2. The molecule has 1 aliphatic heterocycles. The molecule has 0 aromatic heterocycles. The van der Waals surface area contributed by atoms with Gasteiger partial charge in [0.15, 0.2) is 6.10 Å². The molecule has 2 aromatic rings. The summed E-state index contributed by atoms with van der Waals surface area (Å²) in [5, 5.41) is 2.86. The number of amides is 1. The number of nitrogens with one attached hydrogen (secondary N) is 1. The number of benzene rings is 2. The third kappa shape index (κ3) is 6.13. The van der Waals surface area contributed by atoms with Gasteiger partial charge in [-0.1, -0.05) is 18.2 Å². The zero-order valence-electron chi connectivity index (χ0n) is 18.4. The molecule has 0 saturated carbocycles. The highest BCUT2D eigenvalue weighted by Crippen LogP contribution is 2.35. The fraction of sp³-hybridized carbons (Fsp3) is 0.435. The van der Waals surface area contributed by atoms with Crippen LogP contribution in [0.5, 0.6) is 11.5 Å². The minimum Gasteiger partial charge on any atom is -0.491 e. The number of ether oxygens (including phenoxy) is 2. The number of sulfonamides is 1. The van der Waals surface area contributed by atoms with Crippen LogP contribution < -0.4 is 19.1 Å². The van der Waals surface area contributed by atoms with E-state index in [9.17, 15) is 13.2 Å². The van der Waals surface area contributed by atoms with Crippen LogP contribution in [-0.4, -0.2) is 45.9 Å². The summed E-state index contributed by atoms with van der Waals surface area (Å²) >= 11 is 0. The van der Waals surface area contributed by atoms with Crippen molar-refractivity contribution >= 4 is 21.6 Å². The van der Waals surface area contributed by atoms with Gasteiger partial charge in [0.25, 0.3) is 5.91 Å². The smallest absolute Gasteiger partial charge is 0.263 e. The van der Waals surface area contributed by atoms with E-state index in [1.807, 2.05) is 51.1 Å². The summed E-state index contributed by atoms with van der Waals surface area (Å²) < 4.78 is 37.2. The van der Waals surface area contributed by atoms with Crippen molar-refractivity contribution in [1.82, 2.24) is 5.32 Å². The first-order valence-electron chi connectivity index (χ1n) is 10.4. The Morgan fingerprint density at radius 3 is 2.58 bits per heavy atom. The Morgan fingerprint density at radius 1 is 1.23 bits per heavy atom. The lowest BCUT2D eigenvalue weighted by Crippen LogP contribution is -2.50. The molecule has 7 nitrogen and oxygen atoms in total. The van der Waals surface area contributed by atoms with Crippen molar-refractivity contribution in [2.24, 2.45) is 0 Å². The lowest BCUT2D eigenvalue weighted by molar-refractivity contribution is -0.127. The van der Waals surface area contributed by atoms with Crippen molar-refractivity contribution in [2.75, 3.05) is 23.7 Å². The molecule has 0 spiro atoms. The first-order valence-corrected chi connectivity index (χ1v) is 12.3. The minimum absolute atomic E-state index is 0.0432. The van der Waals surface area contributed by atoms with Gasteiger partial charge in [-0.3, -0.25) is 9.10 Å². The number of hydrogen-bond donors (Lipinski definition) is 1. The Labute approximate surface area is 184 Å². The zero-order valence-corrected chi connectivity index (χ0v) is 19.2. The van der Waals surface area contributed by atoms with Crippen molar-refractivity contribution in [2.45, 2.75) is 45.8 Å². The van der Waals surface area contributed by atoms with Crippen LogP contribution in [0.1, 0.15) is 31.4 Å². The Kier molecular flexibility index (Phi) is 7.10. The van der Waals surface area contributed by atoms with E-state index < -0.39 is 16.1 Å². The topological polar surface area (TPSA) is 84.9 Å². The molecule has 1 atom stereocenters. The van der Waals surface area contributed by atoms with Crippen LogP contribution in [-0.2, 0) is 21.2 Å². The van der Waals surface area contributed by atoms with Gasteiger partial charge < -0.3 is 14.8 Å². The molecule has 1 amide bonds. The standard InChI is InChI=1S/C23H30N2O5S/c1-16(2)29-19-10-8-18(9-11-19)6-5-13-24-23(26)22-15-25(31(4,27)28)20-14-17(3)7-12-21(20)30-22/h7-12,14,16,22H,5-6,13,15H2,1-4H3,(H,24,26)/t22-/m0/s1. The van der Waals surface area contributed by atoms with Crippen LogP contribution in [0, 0.1) is 6.92 Å². The van der Waals surface area contributed by atoms with Gasteiger partial charge in [-0.2, -0.15) is 0 Å². The average Bonchev–Trinajstić information content (AvgIpc) is 2.70. The number of nitrogens with zero attached hydrogens (tertiary/aromatic N) is 1. The monoisotopic (exact) mass is 446 g/mol. The van der Waals surface area contributed by atoms with E-state index in [-0.39, 0.29) is 18.6 Å². The molecule has 1 heterocycles. The van der Waals surface area contributed by atoms with Crippen molar-refractivity contribution in [3.63, 3.8) is 0 Å². The normalized spacial score (nSPS) is 15.9. The Hall–Kier alpha value is -2.74. The predicted octanol–water partition coefficient (Wildman–Crippen LogP) is 3.06. The van der Waals surface area contributed by atoms with Crippen LogP contribution in [0.4, 0.5) is 5.69 Å². The molecule has 0 bridgehead atoms. The molecule has 168 valence electrons. The fourth-order valence-corrected chi connectivity index (χ4v) is 4.34. The van der Waals surface area contributed by atoms with E-state index in [0.29, 0.717) is 18.0 Å². The lowest BCUT2D eigenvalue weighted by Gasteiger charge is -2.34. The maximum absolute atomic E-state index is 12.6. The molecule has 0 fully saturated rings. The maximum atomic E-state index is 12.6. The van der Waals surface area contributed by atoms with Gasteiger partial charge in [0.1, 0.15) is 11.5 Å². The molecule has 31 heavy (non-hydrogen) atoms. The predicted molar refractivity (Wildman–Crippen MR) is 121 cm³/mol. The number of rotatable bonds is 8. The van der Waals surface area contributed by atoms with E-state index in [1.54, 1.807) is 12.1 Å². The highest BCUT2D eigenvalue weighted by Gasteiger charge is 2.34. The molecular weight excluding hydrogens is 416 g/mol. The molecule has 0 aliphatic carbocycles. The summed E-state index contributed by atoms with van der Waals surface area (Å²) in [6.45, 7) is 6.29. The summed E-state index contributed by atoms with van der Waals surface area (Å²) in [5.41, 5.74) is 2.55. The van der Waals surface area contributed by atoms with Crippen LogP contribution in [0.15, 0.2) is 42.5 Å². The third-order valence-electron chi connectivity index (χ3n) is 4.91. The molecule has 3 rings (SSSR count). The second kappa shape index (κ2) is 9.60. The van der Waals surface area contributed by atoms with Crippen molar-refractivity contribution in [3.05, 3.63) is 53.6 Å². The van der Waals surface area contributed by atoms with Crippen molar-refractivity contribution in [3.8, 4) is 11.5 Å². The van der Waals surface area contributed by atoms with Gasteiger partial charge in [0, 0.05) is 6.54 Å². The summed E-state index contributed by atoms with van der Waals surface area (Å²) in [6, 6.07) is 13.2. The van der Waals surface area contributed by atoms with E-state index in [0.717, 1.165) is 36.0 Å². The van der Waals surface area contributed by atoms with Gasteiger partial charge in [-0.15, -0.1) is 0 Å². The van der Waals surface area contributed by atoms with E-state index in [2.05, 4.69) is 5.32 Å². The lowest BCUT2D eigenvalue weighted by atomic mass is 10.1. The van der Waals surface area contributed by atoms with Crippen LogP contribution in [0.3, 0.4) is 0 Å². The van der Waals surface area contributed by atoms with Crippen molar-refractivity contribution < 1.29 is 22.7 Å². The summed E-state index contributed by atoms with van der Waals surface area (Å²) in [7, 11) is -3.53. The molecule has 0 saturated heterocycles. The van der Waals surface area contributed by atoms with Crippen LogP contribution in [0.2, 0.25) is 0 Å². The van der Waals surface area contributed by atoms with Crippen molar-refractivity contribution in [1.29, 1.82) is 0 Å². The number of carbonyl (C=O) groups is 1. The zero-order chi connectivity index (χ0) is 22.6. The van der Waals surface area contributed by atoms with Gasteiger partial charge in [-0.25, -0.2) is 8.42 Å². The molecule has 1 N–H and O–H groups in total. The molecular formula is C23H30N2O5S. The van der Waals surface area contributed by atoms with E-state index in [1.165, 1.54) is 4.31 Å². The second-order valence-corrected chi connectivity index (χ2v) is 9.98. The highest BCUT2D eigenvalue weighted by atomic mass is 32.2. The number of carbonyl (C=O) groups excluding carboxylic acids is 1. The quantitative estimate of drug-likeness (QED) is 0.630. The van der Waals surface area contributed by atoms with Crippen LogP contribution in [0.25, 0.3) is 0 Å². The largest absolute Gasteiger partial charge is 0.491 e. The first-order chi connectivity index (χ1) is 14.6. The summed E-state index contributed by atoms with van der Waals surface area (Å²) in [6.07, 6.45) is 1.95. The maximum Gasteiger partial charge on any atom is 0.263 e. The Morgan fingerprint density at radius 2 is 1.94 bits per heavy atom. The average molecular weight is 447 g/mol. The number of fused-ring (bicyclic) bond motifs is 1. The molecule has 8 heteroatoms.